The van der Waals surface area contributed by atoms with Crippen molar-refractivity contribution in [2.75, 3.05) is 95.6 Å². The maximum atomic E-state index is 14.8. The number of unbranched alkanes of at least 4 members (excludes halogenated alkanes) is 1. The molecule has 16 heteroatoms. The maximum Gasteiger partial charge on any atom is 0.293 e. The van der Waals surface area contributed by atoms with Crippen LogP contribution in [0.1, 0.15) is 143 Å². The molecule has 426 valence electrons. The average Bonchev–Trinajstić information content (AvgIpc) is 3.96. The molecule has 1 aromatic carbocycles. The lowest BCUT2D eigenvalue weighted by atomic mass is 9.84. The number of aliphatic hydroxyl groups is 1. The summed E-state index contributed by atoms with van der Waals surface area (Å²) in [4.78, 5) is 60.3. The Kier molecular flexibility index (Phi) is 19.9. The lowest BCUT2D eigenvalue weighted by Gasteiger charge is -2.42. The van der Waals surface area contributed by atoms with Crippen LogP contribution in [0.4, 0.5) is 11.4 Å². The number of methoxy groups -OCH3 is 1. The third-order valence-electron chi connectivity index (χ3n) is 17.6. The summed E-state index contributed by atoms with van der Waals surface area (Å²) in [6.45, 7) is 26.8. The summed E-state index contributed by atoms with van der Waals surface area (Å²) in [6, 6.07) is 9.55. The Bertz CT molecular complexity index is 2480. The fraction of sp³-hybridized carbons (Fsp3) is 0.705. The fourth-order valence-corrected chi connectivity index (χ4v) is 13.1. The molecule has 0 radical (unpaired) electrons. The number of likely N-dealkylation sites (tertiary alicyclic amines) is 1. The molecule has 5 aliphatic rings. The Balaban J connectivity index is 1.06. The number of ether oxygens (including phenoxy) is 2. The summed E-state index contributed by atoms with van der Waals surface area (Å²) in [5.74, 6) is -0.176. The third-order valence-corrected chi connectivity index (χ3v) is 17.6. The van der Waals surface area contributed by atoms with E-state index in [1.54, 1.807) is 12.0 Å². The van der Waals surface area contributed by atoms with E-state index in [1.165, 1.54) is 32.1 Å². The van der Waals surface area contributed by atoms with E-state index in [9.17, 15) is 19.5 Å². The Labute approximate surface area is 461 Å². The number of aryl methyl sites for hydroxylation is 1. The minimum Gasteiger partial charge on any atom is -0.467 e. The number of nitrogens with two attached hydrogens (primary N) is 1. The van der Waals surface area contributed by atoms with Crippen molar-refractivity contribution in [2.45, 2.75) is 181 Å². The molecule has 2 saturated carbocycles. The van der Waals surface area contributed by atoms with Gasteiger partial charge in [0.25, 0.3) is 6.47 Å². The first-order chi connectivity index (χ1) is 37.0. The highest BCUT2D eigenvalue weighted by Gasteiger charge is 2.42. The predicted octanol–water partition coefficient (Wildman–Crippen LogP) is 7.74. The van der Waals surface area contributed by atoms with Gasteiger partial charge in [-0.25, -0.2) is 0 Å². The van der Waals surface area contributed by atoms with Crippen molar-refractivity contribution in [3.63, 3.8) is 0 Å². The molecule has 3 aliphatic heterocycles. The van der Waals surface area contributed by atoms with Gasteiger partial charge in [-0.05, 0) is 146 Å². The molecular weight excluding hydrogens is 969 g/mol. The normalized spacial score (nSPS) is 21.8. The number of carbonyl (C=O) groups excluding carboxylic acids is 3. The van der Waals surface area contributed by atoms with Crippen LogP contribution in [0.3, 0.4) is 0 Å². The van der Waals surface area contributed by atoms with Crippen LogP contribution in [0.5, 0.6) is 0 Å². The molecule has 4 fully saturated rings. The van der Waals surface area contributed by atoms with Crippen molar-refractivity contribution in [2.24, 2.45) is 17.1 Å². The number of fused-ring (bicyclic) bond motifs is 1. The molecule has 5 atom stereocenters. The van der Waals surface area contributed by atoms with Crippen molar-refractivity contribution in [1.29, 1.82) is 0 Å². The second-order valence-electron chi connectivity index (χ2n) is 24.4. The lowest BCUT2D eigenvalue weighted by Crippen LogP contribution is -2.61. The van der Waals surface area contributed by atoms with Gasteiger partial charge in [-0.15, -0.1) is 0 Å². The third kappa shape index (κ3) is 13.7. The molecule has 77 heavy (non-hydrogen) atoms. The molecule has 2 saturated heterocycles. The van der Waals surface area contributed by atoms with E-state index in [0.29, 0.717) is 64.0 Å². The van der Waals surface area contributed by atoms with E-state index in [2.05, 4.69) is 107 Å². The first-order valence-corrected chi connectivity index (χ1v) is 29.7. The smallest absolute Gasteiger partial charge is 0.293 e. The van der Waals surface area contributed by atoms with E-state index in [1.807, 2.05) is 25.3 Å². The van der Waals surface area contributed by atoms with Crippen LogP contribution in [0.2, 0.25) is 0 Å². The van der Waals surface area contributed by atoms with Crippen LogP contribution in [0.15, 0.2) is 42.6 Å². The SMILES string of the molecule is CCCN(CC1CCCN1C(C(=O)NC(CCCCN(CCO)c1ccc2c(c1)c(CC(C)(C)COC=O)c(-c1cc(N3CCN(C4CC4)CC3)cnc1C(C)OC)n2CC)C(=O)N1CC=CC1(C)N)C(C)C)C1CCC1. The maximum absolute atomic E-state index is 14.8. The number of benzene rings is 1. The number of aromatic nitrogens is 2. The first-order valence-electron chi connectivity index (χ1n) is 29.7. The number of anilines is 2. The van der Waals surface area contributed by atoms with Crippen molar-refractivity contribution < 1.29 is 29.0 Å². The van der Waals surface area contributed by atoms with Gasteiger partial charge in [0.15, 0.2) is 0 Å². The number of hydrogen-bond acceptors (Lipinski definition) is 13. The van der Waals surface area contributed by atoms with E-state index in [-0.39, 0.29) is 43.1 Å². The average molecular weight is 1070 g/mol. The minimum absolute atomic E-state index is 0.0347. The summed E-state index contributed by atoms with van der Waals surface area (Å²) in [5.41, 5.74) is 12.7. The molecule has 2 aliphatic carbocycles. The van der Waals surface area contributed by atoms with Crippen molar-refractivity contribution in [1.82, 2.24) is 34.5 Å². The summed E-state index contributed by atoms with van der Waals surface area (Å²) in [5, 5.41) is 15.0. The highest BCUT2D eigenvalue weighted by atomic mass is 16.5. The van der Waals surface area contributed by atoms with E-state index in [4.69, 9.17) is 20.2 Å². The second kappa shape index (κ2) is 26.1. The number of amides is 2. The topological polar surface area (TPSA) is 165 Å². The molecular formula is C61H96N10O6. The summed E-state index contributed by atoms with van der Waals surface area (Å²) in [7, 11) is 1.73. The predicted molar refractivity (Wildman–Crippen MR) is 309 cm³/mol. The Morgan fingerprint density at radius 2 is 1.77 bits per heavy atom. The fourth-order valence-electron chi connectivity index (χ4n) is 13.1. The summed E-state index contributed by atoms with van der Waals surface area (Å²) in [6.07, 6.45) is 17.7. The lowest BCUT2D eigenvalue weighted by molar-refractivity contribution is -0.141. The second-order valence-corrected chi connectivity index (χ2v) is 24.4. The van der Waals surface area contributed by atoms with Crippen LogP contribution < -0.4 is 20.9 Å². The molecule has 2 aromatic heterocycles. The van der Waals surface area contributed by atoms with E-state index < -0.39 is 17.1 Å². The van der Waals surface area contributed by atoms with Crippen molar-refractivity contribution >= 4 is 40.6 Å². The van der Waals surface area contributed by atoms with Gasteiger partial charge in [0, 0.05) is 112 Å². The Hall–Kier alpha value is -4.58. The molecule has 5 unspecified atom stereocenters. The van der Waals surface area contributed by atoms with Gasteiger partial charge in [-0.3, -0.25) is 34.1 Å². The van der Waals surface area contributed by atoms with Crippen LogP contribution in [0.25, 0.3) is 22.2 Å². The van der Waals surface area contributed by atoms with Gasteiger partial charge < -0.3 is 44.9 Å². The molecule has 16 nitrogen and oxygen atoms in total. The molecule has 4 N–H and O–H groups in total. The van der Waals surface area contributed by atoms with E-state index >= 15 is 0 Å². The zero-order valence-electron chi connectivity index (χ0n) is 48.5. The summed E-state index contributed by atoms with van der Waals surface area (Å²) < 4.78 is 13.9. The summed E-state index contributed by atoms with van der Waals surface area (Å²) >= 11 is 0. The first kappa shape index (κ1) is 58.6. The van der Waals surface area contributed by atoms with Gasteiger partial charge in [0.2, 0.25) is 11.8 Å². The molecule has 8 rings (SSSR count). The van der Waals surface area contributed by atoms with Gasteiger partial charge in [-0.1, -0.05) is 47.1 Å². The standard InChI is InChI=1S/C61H96N10O6/c1-10-26-68(45-17-14-18-45)40-48-19-15-28-70(48)56(43(3)4)58(74)64-53(59(75)71-29-16-25-61(71,8)62)20-12-13-27-65(34-35-72)47-23-24-54-50(36-47)52(38-60(6,7)41-77-42-73)57(69(54)11-2)51-37-49(39-63-55(51)44(5)76-9)67-32-30-66(31-33-67)46-21-22-46/h16,23-25,36-37,39,42-46,48,53,56,72H,10-15,17-22,26-35,38,40-41,62H2,1-9H3,(H,64,74). The number of aliphatic hydroxyl groups excluding tert-OH is 1. The number of piperazine rings is 1. The molecule has 3 aromatic rings. The van der Waals surface area contributed by atoms with Gasteiger partial charge in [0.1, 0.15) is 11.7 Å². The highest BCUT2D eigenvalue weighted by Crippen LogP contribution is 2.43. The van der Waals surface area contributed by atoms with Crippen LogP contribution in [0, 0.1) is 11.3 Å². The highest BCUT2D eigenvalue weighted by molar-refractivity contribution is 5.95. The number of rotatable bonds is 29. The Morgan fingerprint density at radius 1 is 1.00 bits per heavy atom. The quantitative estimate of drug-likeness (QED) is 0.0352. The molecule has 0 spiro atoms. The molecule has 0 bridgehead atoms. The molecule has 5 heterocycles. The van der Waals surface area contributed by atoms with Crippen LogP contribution in [-0.2, 0) is 36.8 Å². The minimum atomic E-state index is -0.946. The van der Waals surface area contributed by atoms with Gasteiger partial charge >= 0.3 is 0 Å². The Morgan fingerprint density at radius 3 is 2.39 bits per heavy atom. The van der Waals surface area contributed by atoms with Gasteiger partial charge in [0.05, 0.1) is 48.6 Å². The number of carbonyl (C=O) groups is 3. The van der Waals surface area contributed by atoms with Gasteiger partial charge in [-0.2, -0.15) is 0 Å². The zero-order chi connectivity index (χ0) is 55.0. The van der Waals surface area contributed by atoms with Crippen LogP contribution in [-0.4, -0.2) is 174 Å². The number of nitrogens with one attached hydrogen (secondary N) is 1. The van der Waals surface area contributed by atoms with Crippen molar-refractivity contribution in [3.05, 3.63) is 53.9 Å². The number of hydrogen-bond donors (Lipinski definition) is 3. The monoisotopic (exact) mass is 1060 g/mol. The van der Waals surface area contributed by atoms with Crippen molar-refractivity contribution in [3.8, 4) is 11.3 Å². The molecule has 2 amide bonds. The largest absolute Gasteiger partial charge is 0.467 e. The van der Waals surface area contributed by atoms with Crippen LogP contribution >= 0.6 is 0 Å². The van der Waals surface area contributed by atoms with E-state index in [0.717, 1.165) is 122 Å². The number of pyridine rings is 1. The zero-order valence-corrected chi connectivity index (χ0v) is 48.5. The number of nitrogens with zero attached hydrogens (tertiary/aromatic N) is 8.